The molecule has 2 aromatic heterocycles. The van der Waals surface area contributed by atoms with E-state index in [1.807, 2.05) is 20.8 Å². The minimum atomic E-state index is -0.696. The topological polar surface area (TPSA) is 93.9 Å². The lowest BCUT2D eigenvalue weighted by atomic mass is 10.1. The summed E-state index contributed by atoms with van der Waals surface area (Å²) in [5.41, 5.74) is 7.00. The average Bonchev–Trinajstić information content (AvgIpc) is 2.70. The Labute approximate surface area is 111 Å². The van der Waals surface area contributed by atoms with Crippen LogP contribution in [0.15, 0.2) is 18.7 Å². The number of ether oxygens (including phenoxy) is 1. The summed E-state index contributed by atoms with van der Waals surface area (Å²) in [6, 6.07) is -0.696. The molecule has 2 aromatic rings. The lowest BCUT2D eigenvalue weighted by Crippen LogP contribution is -2.38. The molecule has 0 radical (unpaired) electrons. The molecule has 0 aliphatic carbocycles. The largest absolute Gasteiger partial charge is 0.459 e. The summed E-state index contributed by atoms with van der Waals surface area (Å²) in [5.74, 6) is -0.404. The van der Waals surface area contributed by atoms with Gasteiger partial charge in [0.2, 0.25) is 0 Å². The molecule has 6 nitrogen and oxygen atoms in total. The monoisotopic (exact) mass is 262 g/mol. The third kappa shape index (κ3) is 3.29. The Hall–Kier alpha value is -1.95. The second-order valence-electron chi connectivity index (χ2n) is 5.44. The van der Waals surface area contributed by atoms with Crippen LogP contribution in [0.1, 0.15) is 26.3 Å². The Bertz CT molecular complexity index is 586. The summed E-state index contributed by atoms with van der Waals surface area (Å²) in [6.07, 6.45) is 5.36. The number of rotatable bonds is 3. The van der Waals surface area contributed by atoms with Crippen molar-refractivity contribution in [3.63, 3.8) is 0 Å². The fraction of sp³-hybridized carbons (Fsp3) is 0.462. The third-order valence-corrected chi connectivity index (χ3v) is 2.59. The van der Waals surface area contributed by atoms with E-state index in [9.17, 15) is 4.79 Å². The molecule has 2 rings (SSSR count). The van der Waals surface area contributed by atoms with Gasteiger partial charge in [-0.15, -0.1) is 0 Å². The first-order chi connectivity index (χ1) is 8.87. The van der Waals surface area contributed by atoms with E-state index in [1.54, 1.807) is 12.4 Å². The molecule has 3 N–H and O–H groups in total. The number of carbonyl (C=O) groups excluding carboxylic acids is 1. The molecule has 0 aromatic carbocycles. The Morgan fingerprint density at radius 2 is 2.26 bits per heavy atom. The van der Waals surface area contributed by atoms with Crippen LogP contribution in [0.2, 0.25) is 0 Å². The molecule has 0 bridgehead atoms. The van der Waals surface area contributed by atoms with Crippen LogP contribution in [0.5, 0.6) is 0 Å². The van der Waals surface area contributed by atoms with Crippen LogP contribution in [0.3, 0.4) is 0 Å². The van der Waals surface area contributed by atoms with Crippen molar-refractivity contribution in [3.8, 4) is 0 Å². The number of fused-ring (bicyclic) bond motifs is 1. The Kier molecular flexibility index (Phi) is 3.53. The van der Waals surface area contributed by atoms with E-state index in [0.29, 0.717) is 6.42 Å². The smallest absolute Gasteiger partial charge is 0.323 e. The van der Waals surface area contributed by atoms with Gasteiger partial charge in [0.05, 0.1) is 0 Å². The van der Waals surface area contributed by atoms with E-state index in [2.05, 4.69) is 15.0 Å². The molecule has 0 aliphatic heterocycles. The third-order valence-electron chi connectivity index (χ3n) is 2.59. The molecule has 6 heteroatoms. The van der Waals surface area contributed by atoms with E-state index in [1.165, 1.54) is 6.33 Å². The summed E-state index contributed by atoms with van der Waals surface area (Å²) < 4.78 is 5.25. The first kappa shape index (κ1) is 13.5. The van der Waals surface area contributed by atoms with Gasteiger partial charge in [0.15, 0.2) is 0 Å². The predicted molar refractivity (Wildman–Crippen MR) is 71.4 cm³/mol. The minimum absolute atomic E-state index is 0.391. The van der Waals surface area contributed by atoms with Gasteiger partial charge >= 0.3 is 5.97 Å². The average molecular weight is 262 g/mol. The van der Waals surface area contributed by atoms with Crippen LogP contribution in [0.25, 0.3) is 11.0 Å². The zero-order chi connectivity index (χ0) is 14.0. The van der Waals surface area contributed by atoms with Crippen LogP contribution in [0, 0.1) is 0 Å². The van der Waals surface area contributed by atoms with Gasteiger partial charge in [0, 0.05) is 24.2 Å². The number of aromatic nitrogens is 3. The molecular weight excluding hydrogens is 244 g/mol. The maximum Gasteiger partial charge on any atom is 0.323 e. The molecule has 19 heavy (non-hydrogen) atoms. The van der Waals surface area contributed by atoms with Crippen molar-refractivity contribution < 1.29 is 9.53 Å². The fourth-order valence-electron chi connectivity index (χ4n) is 1.78. The number of esters is 1. The van der Waals surface area contributed by atoms with E-state index in [-0.39, 0.29) is 0 Å². The van der Waals surface area contributed by atoms with Crippen molar-refractivity contribution in [3.05, 3.63) is 24.3 Å². The molecule has 1 unspecified atom stereocenters. The van der Waals surface area contributed by atoms with Crippen molar-refractivity contribution in [1.82, 2.24) is 15.0 Å². The molecule has 0 saturated heterocycles. The summed E-state index contributed by atoms with van der Waals surface area (Å²) in [4.78, 5) is 22.9. The van der Waals surface area contributed by atoms with Crippen LogP contribution < -0.4 is 5.73 Å². The predicted octanol–water partition coefficient (Wildman–Crippen LogP) is 1.17. The van der Waals surface area contributed by atoms with Crippen molar-refractivity contribution >= 4 is 17.0 Å². The second kappa shape index (κ2) is 4.97. The number of hydrogen-bond acceptors (Lipinski definition) is 5. The fourth-order valence-corrected chi connectivity index (χ4v) is 1.78. The quantitative estimate of drug-likeness (QED) is 0.810. The van der Waals surface area contributed by atoms with Gasteiger partial charge in [-0.05, 0) is 26.3 Å². The summed E-state index contributed by atoms with van der Waals surface area (Å²) >= 11 is 0. The summed E-state index contributed by atoms with van der Waals surface area (Å²) in [6.45, 7) is 5.45. The van der Waals surface area contributed by atoms with Crippen molar-refractivity contribution in [2.75, 3.05) is 0 Å². The molecule has 0 amide bonds. The number of aromatic amines is 1. The standard InChI is InChI=1S/C13H18N4O2/c1-13(2,3)19-12(18)10(14)4-8-5-16-11-9(8)6-15-7-17-11/h5-7,10H,4,14H2,1-3H3,(H,15,16,17). The van der Waals surface area contributed by atoms with Crippen LogP contribution >= 0.6 is 0 Å². The number of hydrogen-bond donors (Lipinski definition) is 2. The van der Waals surface area contributed by atoms with Gasteiger partial charge < -0.3 is 15.5 Å². The molecule has 0 saturated carbocycles. The van der Waals surface area contributed by atoms with Gasteiger partial charge in [-0.2, -0.15) is 0 Å². The first-order valence-corrected chi connectivity index (χ1v) is 6.11. The first-order valence-electron chi connectivity index (χ1n) is 6.11. The minimum Gasteiger partial charge on any atom is -0.459 e. The van der Waals surface area contributed by atoms with Crippen molar-refractivity contribution in [1.29, 1.82) is 0 Å². The van der Waals surface area contributed by atoms with E-state index >= 15 is 0 Å². The van der Waals surface area contributed by atoms with E-state index in [4.69, 9.17) is 10.5 Å². The summed E-state index contributed by atoms with van der Waals surface area (Å²) in [5, 5.41) is 0.876. The maximum absolute atomic E-state index is 11.8. The second-order valence-corrected chi connectivity index (χ2v) is 5.44. The van der Waals surface area contributed by atoms with Crippen LogP contribution in [0.4, 0.5) is 0 Å². The normalized spacial score (nSPS) is 13.5. The van der Waals surface area contributed by atoms with Gasteiger partial charge in [-0.1, -0.05) is 0 Å². The molecule has 0 fully saturated rings. The maximum atomic E-state index is 11.8. The Morgan fingerprint density at radius 1 is 1.53 bits per heavy atom. The Morgan fingerprint density at radius 3 is 2.95 bits per heavy atom. The summed E-state index contributed by atoms with van der Waals surface area (Å²) in [7, 11) is 0. The highest BCUT2D eigenvalue weighted by molar-refractivity contribution is 5.81. The zero-order valence-corrected chi connectivity index (χ0v) is 11.3. The number of carbonyl (C=O) groups is 1. The molecular formula is C13H18N4O2. The number of H-pyrrole nitrogens is 1. The molecule has 2 heterocycles. The lowest BCUT2D eigenvalue weighted by Gasteiger charge is -2.22. The van der Waals surface area contributed by atoms with Gasteiger partial charge in [0.25, 0.3) is 0 Å². The molecule has 102 valence electrons. The van der Waals surface area contributed by atoms with Gasteiger partial charge in [0.1, 0.15) is 23.6 Å². The molecule has 1 atom stereocenters. The number of nitrogens with one attached hydrogen (secondary N) is 1. The SMILES string of the molecule is CC(C)(C)OC(=O)C(N)Cc1c[nH]c2ncncc12. The highest BCUT2D eigenvalue weighted by atomic mass is 16.6. The van der Waals surface area contributed by atoms with Gasteiger partial charge in [-0.25, -0.2) is 9.97 Å². The van der Waals surface area contributed by atoms with Crippen LogP contribution in [-0.2, 0) is 16.0 Å². The van der Waals surface area contributed by atoms with Crippen molar-refractivity contribution in [2.24, 2.45) is 5.73 Å². The number of nitrogens with two attached hydrogens (primary N) is 1. The van der Waals surface area contributed by atoms with Crippen molar-refractivity contribution in [2.45, 2.75) is 38.8 Å². The van der Waals surface area contributed by atoms with Crippen LogP contribution in [-0.4, -0.2) is 32.6 Å². The zero-order valence-electron chi connectivity index (χ0n) is 11.3. The molecule has 0 spiro atoms. The highest BCUT2D eigenvalue weighted by Gasteiger charge is 2.23. The van der Waals surface area contributed by atoms with E-state index < -0.39 is 17.6 Å². The van der Waals surface area contributed by atoms with E-state index in [0.717, 1.165) is 16.6 Å². The van der Waals surface area contributed by atoms with Gasteiger partial charge in [-0.3, -0.25) is 4.79 Å². The molecule has 0 aliphatic rings. The lowest BCUT2D eigenvalue weighted by molar-refractivity contribution is -0.156. The highest BCUT2D eigenvalue weighted by Crippen LogP contribution is 2.17. The number of nitrogens with zero attached hydrogens (tertiary/aromatic N) is 2. The Balaban J connectivity index is 2.10.